The summed E-state index contributed by atoms with van der Waals surface area (Å²) in [5.41, 5.74) is -1.09. The van der Waals surface area contributed by atoms with Crippen LogP contribution in [0.1, 0.15) is 36.0 Å². The summed E-state index contributed by atoms with van der Waals surface area (Å²) in [5, 5.41) is 2.90. The number of rotatable bonds is 3. The smallest absolute Gasteiger partial charge is 0.328 e. The normalized spacial score (nSPS) is 20.4. The van der Waals surface area contributed by atoms with Gasteiger partial charge in [0.05, 0.1) is 0 Å². The second-order valence-electron chi connectivity index (χ2n) is 5.89. The maximum atomic E-state index is 12.2. The molecule has 0 atom stereocenters. The van der Waals surface area contributed by atoms with Gasteiger partial charge < -0.3 is 15.2 Å². The van der Waals surface area contributed by atoms with Gasteiger partial charge in [0.2, 0.25) is 0 Å². The highest BCUT2D eigenvalue weighted by atomic mass is 16.2. The van der Waals surface area contributed by atoms with Gasteiger partial charge in [-0.25, -0.2) is 4.79 Å². The van der Waals surface area contributed by atoms with Crippen LogP contribution in [0.5, 0.6) is 0 Å². The Morgan fingerprint density at radius 2 is 1.90 bits per heavy atom. The van der Waals surface area contributed by atoms with Gasteiger partial charge in [-0.15, -0.1) is 0 Å². The molecule has 1 saturated heterocycles. The molecule has 1 aliphatic carbocycles. The van der Waals surface area contributed by atoms with Crippen molar-refractivity contribution in [3.8, 4) is 0 Å². The van der Waals surface area contributed by atoms with Gasteiger partial charge in [0.25, 0.3) is 11.5 Å². The van der Waals surface area contributed by atoms with Gasteiger partial charge in [-0.1, -0.05) is 0 Å². The van der Waals surface area contributed by atoms with E-state index in [9.17, 15) is 14.4 Å². The molecule has 3 rings (SSSR count). The van der Waals surface area contributed by atoms with Crippen LogP contribution >= 0.6 is 0 Å². The molecule has 1 aromatic heterocycles. The third-order valence-corrected chi connectivity index (χ3v) is 4.35. The van der Waals surface area contributed by atoms with Gasteiger partial charge in [-0.2, -0.15) is 0 Å². The molecule has 1 amide bonds. The van der Waals surface area contributed by atoms with Crippen LogP contribution in [0.2, 0.25) is 0 Å². The van der Waals surface area contributed by atoms with Crippen molar-refractivity contribution in [3.05, 3.63) is 32.6 Å². The summed E-state index contributed by atoms with van der Waals surface area (Å²) in [6, 6.07) is 0.859. The Morgan fingerprint density at radius 1 is 1.24 bits per heavy atom. The Hall–Kier alpha value is -1.89. The number of likely N-dealkylation sites (tertiary alicyclic amines) is 1. The van der Waals surface area contributed by atoms with Crippen LogP contribution in [0.15, 0.2) is 15.8 Å². The van der Waals surface area contributed by atoms with Crippen molar-refractivity contribution in [2.45, 2.75) is 37.8 Å². The van der Waals surface area contributed by atoms with E-state index < -0.39 is 17.2 Å². The molecule has 114 valence electrons. The zero-order valence-electron chi connectivity index (χ0n) is 12.1. The first-order chi connectivity index (χ1) is 10.1. The van der Waals surface area contributed by atoms with Crippen molar-refractivity contribution in [1.82, 2.24) is 19.8 Å². The fraction of sp³-hybridized carbons (Fsp3) is 0.643. The van der Waals surface area contributed by atoms with E-state index in [2.05, 4.69) is 15.2 Å². The van der Waals surface area contributed by atoms with Gasteiger partial charge >= 0.3 is 5.69 Å². The standard InChI is InChI=1S/C14H20N4O3/c1-17-13(20)11(8-15-14(17)21)12(19)16-9-4-6-18(7-5-9)10-2-3-10/h8-10H,2-7H2,1H3,(H,15,21)(H,16,19). The second-order valence-corrected chi connectivity index (χ2v) is 5.89. The van der Waals surface area contributed by atoms with E-state index in [1.54, 1.807) is 0 Å². The number of H-pyrrole nitrogens is 1. The SMILES string of the molecule is Cn1c(=O)[nH]cc(C(=O)NC2CCN(C3CC3)CC2)c1=O. The minimum absolute atomic E-state index is 0.0123. The summed E-state index contributed by atoms with van der Waals surface area (Å²) in [6.45, 7) is 2.00. The van der Waals surface area contributed by atoms with Crippen molar-refractivity contribution in [1.29, 1.82) is 0 Å². The summed E-state index contributed by atoms with van der Waals surface area (Å²) in [5.74, 6) is -0.406. The van der Waals surface area contributed by atoms with Crippen molar-refractivity contribution in [2.75, 3.05) is 13.1 Å². The minimum Gasteiger partial charge on any atom is -0.349 e. The monoisotopic (exact) mass is 292 g/mol. The molecule has 2 heterocycles. The van der Waals surface area contributed by atoms with Crippen LogP contribution in [0.3, 0.4) is 0 Å². The van der Waals surface area contributed by atoms with Crippen molar-refractivity contribution >= 4 is 5.91 Å². The molecule has 0 bridgehead atoms. The van der Waals surface area contributed by atoms with Gasteiger partial charge in [-0.3, -0.25) is 14.2 Å². The molecule has 0 unspecified atom stereocenters. The number of nitrogens with one attached hydrogen (secondary N) is 2. The predicted molar refractivity (Wildman–Crippen MR) is 77.4 cm³/mol. The molecule has 0 spiro atoms. The summed E-state index contributed by atoms with van der Waals surface area (Å²) < 4.78 is 0.907. The number of nitrogens with zero attached hydrogens (tertiary/aromatic N) is 2. The van der Waals surface area contributed by atoms with Crippen LogP contribution in [0.4, 0.5) is 0 Å². The first kappa shape index (κ1) is 14.1. The van der Waals surface area contributed by atoms with E-state index >= 15 is 0 Å². The lowest BCUT2D eigenvalue weighted by molar-refractivity contribution is 0.0906. The number of aromatic amines is 1. The topological polar surface area (TPSA) is 87.2 Å². The molecular formula is C14H20N4O3. The number of amides is 1. The molecule has 1 saturated carbocycles. The maximum absolute atomic E-state index is 12.2. The lowest BCUT2D eigenvalue weighted by atomic mass is 10.0. The predicted octanol–water partition coefficient (Wildman–Crippen LogP) is -0.570. The summed E-state index contributed by atoms with van der Waals surface area (Å²) in [6.07, 6.45) is 5.60. The zero-order chi connectivity index (χ0) is 15.0. The number of hydrogen-bond donors (Lipinski definition) is 2. The molecule has 1 aliphatic heterocycles. The third kappa shape index (κ3) is 2.92. The second kappa shape index (κ2) is 5.48. The summed E-state index contributed by atoms with van der Waals surface area (Å²) >= 11 is 0. The van der Waals surface area contributed by atoms with E-state index in [1.165, 1.54) is 26.1 Å². The molecule has 2 aliphatic rings. The molecule has 7 nitrogen and oxygen atoms in total. The molecule has 0 aromatic carbocycles. The average molecular weight is 292 g/mol. The van der Waals surface area contributed by atoms with E-state index in [0.29, 0.717) is 0 Å². The van der Waals surface area contributed by atoms with E-state index in [0.717, 1.165) is 36.5 Å². The summed E-state index contributed by atoms with van der Waals surface area (Å²) in [7, 11) is 1.35. The van der Waals surface area contributed by atoms with E-state index in [-0.39, 0.29) is 11.6 Å². The third-order valence-electron chi connectivity index (χ3n) is 4.35. The molecule has 2 fully saturated rings. The minimum atomic E-state index is -0.563. The van der Waals surface area contributed by atoms with E-state index in [1.807, 2.05) is 0 Å². The first-order valence-corrected chi connectivity index (χ1v) is 7.40. The number of piperidine rings is 1. The number of hydrogen-bond acceptors (Lipinski definition) is 4. The fourth-order valence-corrected chi connectivity index (χ4v) is 2.84. The van der Waals surface area contributed by atoms with Crippen LogP contribution in [0.25, 0.3) is 0 Å². The zero-order valence-corrected chi connectivity index (χ0v) is 12.1. The molecule has 2 N–H and O–H groups in total. The van der Waals surface area contributed by atoms with Crippen molar-refractivity contribution in [2.24, 2.45) is 7.05 Å². The Balaban J connectivity index is 1.63. The summed E-state index contributed by atoms with van der Waals surface area (Å²) in [4.78, 5) is 40.2. The molecular weight excluding hydrogens is 272 g/mol. The quantitative estimate of drug-likeness (QED) is 0.781. The van der Waals surface area contributed by atoms with Gasteiger partial charge in [0, 0.05) is 38.4 Å². The van der Waals surface area contributed by atoms with Crippen LogP contribution in [0, 0.1) is 0 Å². The molecule has 0 radical (unpaired) electrons. The number of aromatic nitrogens is 2. The van der Waals surface area contributed by atoms with Gasteiger partial charge in [0.15, 0.2) is 0 Å². The Bertz CT molecular complexity index is 651. The van der Waals surface area contributed by atoms with Gasteiger partial charge in [0.1, 0.15) is 5.56 Å². The largest absolute Gasteiger partial charge is 0.349 e. The Kier molecular flexibility index (Phi) is 3.67. The highest BCUT2D eigenvalue weighted by molar-refractivity contribution is 5.93. The number of carbonyl (C=O) groups excluding carboxylic acids is 1. The van der Waals surface area contributed by atoms with E-state index in [4.69, 9.17) is 0 Å². The highest BCUT2D eigenvalue weighted by Gasteiger charge is 2.32. The lowest BCUT2D eigenvalue weighted by Crippen LogP contribution is -2.47. The Labute approximate surface area is 122 Å². The lowest BCUT2D eigenvalue weighted by Gasteiger charge is -2.32. The van der Waals surface area contributed by atoms with Crippen molar-refractivity contribution in [3.63, 3.8) is 0 Å². The average Bonchev–Trinajstić information content (AvgIpc) is 3.30. The molecule has 7 heteroatoms. The first-order valence-electron chi connectivity index (χ1n) is 7.40. The fourth-order valence-electron chi connectivity index (χ4n) is 2.84. The molecule has 1 aromatic rings. The number of carbonyl (C=O) groups is 1. The Morgan fingerprint density at radius 3 is 2.52 bits per heavy atom. The van der Waals surface area contributed by atoms with Crippen LogP contribution in [-0.2, 0) is 7.05 Å². The van der Waals surface area contributed by atoms with Gasteiger partial charge in [-0.05, 0) is 25.7 Å². The highest BCUT2D eigenvalue weighted by Crippen LogP contribution is 2.29. The van der Waals surface area contributed by atoms with Crippen LogP contribution < -0.4 is 16.6 Å². The maximum Gasteiger partial charge on any atom is 0.328 e. The van der Waals surface area contributed by atoms with Crippen molar-refractivity contribution < 1.29 is 4.79 Å². The van der Waals surface area contributed by atoms with Crippen LogP contribution in [-0.4, -0.2) is 45.5 Å². The molecule has 21 heavy (non-hydrogen) atoms.